The van der Waals surface area contributed by atoms with Crippen molar-refractivity contribution < 1.29 is 18.7 Å². The monoisotopic (exact) mass is 423 g/mol. The third kappa shape index (κ3) is 3.89. The minimum absolute atomic E-state index is 0.0231. The van der Waals surface area contributed by atoms with Crippen LogP contribution in [0, 0.1) is 24.1 Å². The van der Waals surface area contributed by atoms with Crippen LogP contribution < -0.4 is 9.80 Å². The molecular formula is C22H22FN5O3. The van der Waals surface area contributed by atoms with Crippen molar-refractivity contribution in [3.8, 4) is 6.07 Å². The Kier molecular flexibility index (Phi) is 5.46. The smallest absolute Gasteiger partial charge is 0.414 e. The highest BCUT2D eigenvalue weighted by molar-refractivity contribution is 5.96. The molecule has 0 saturated carbocycles. The molecule has 2 amide bonds. The second-order valence-corrected chi connectivity index (χ2v) is 7.72. The summed E-state index contributed by atoms with van der Waals surface area (Å²) in [7, 11) is 0. The van der Waals surface area contributed by atoms with Crippen molar-refractivity contribution in [2.45, 2.75) is 19.9 Å². The van der Waals surface area contributed by atoms with Gasteiger partial charge in [0.2, 0.25) is 0 Å². The predicted octanol–water partition coefficient (Wildman–Crippen LogP) is 2.71. The minimum atomic E-state index is -0.665. The number of nitrogens with zero attached hydrogens (tertiary/aromatic N) is 5. The Morgan fingerprint density at radius 2 is 2.00 bits per heavy atom. The maximum Gasteiger partial charge on any atom is 0.414 e. The van der Waals surface area contributed by atoms with Gasteiger partial charge in [0.05, 0.1) is 22.9 Å². The fraction of sp³-hybridized carbons (Fsp3) is 0.364. The van der Waals surface area contributed by atoms with Gasteiger partial charge in [-0.25, -0.2) is 14.2 Å². The van der Waals surface area contributed by atoms with Crippen LogP contribution in [0.3, 0.4) is 0 Å². The van der Waals surface area contributed by atoms with Gasteiger partial charge in [-0.3, -0.25) is 9.69 Å². The molecule has 0 aliphatic carbocycles. The first-order valence-electron chi connectivity index (χ1n) is 10.1. The molecule has 1 atom stereocenters. The van der Waals surface area contributed by atoms with Crippen LogP contribution in [0.15, 0.2) is 30.5 Å². The maximum atomic E-state index is 14.8. The van der Waals surface area contributed by atoms with E-state index in [1.165, 1.54) is 23.2 Å². The van der Waals surface area contributed by atoms with Crippen LogP contribution in [0.25, 0.3) is 0 Å². The molecule has 8 nitrogen and oxygen atoms in total. The second kappa shape index (κ2) is 8.22. The Morgan fingerprint density at radius 3 is 2.58 bits per heavy atom. The number of piperazine rings is 1. The van der Waals surface area contributed by atoms with Gasteiger partial charge < -0.3 is 14.5 Å². The fourth-order valence-electron chi connectivity index (χ4n) is 3.95. The topological polar surface area (TPSA) is 89.8 Å². The van der Waals surface area contributed by atoms with Gasteiger partial charge >= 0.3 is 6.09 Å². The molecule has 0 bridgehead atoms. The van der Waals surface area contributed by atoms with E-state index in [9.17, 15) is 14.0 Å². The summed E-state index contributed by atoms with van der Waals surface area (Å²) in [6, 6.07) is 7.86. The van der Waals surface area contributed by atoms with E-state index in [1.54, 1.807) is 17.0 Å². The number of benzene rings is 1. The molecule has 0 spiro atoms. The normalized spacial score (nSPS) is 18.7. The summed E-state index contributed by atoms with van der Waals surface area (Å²) in [5.41, 5.74) is 1.75. The van der Waals surface area contributed by atoms with E-state index < -0.39 is 11.9 Å². The highest BCUT2D eigenvalue weighted by atomic mass is 19.1. The summed E-state index contributed by atoms with van der Waals surface area (Å²) in [6.45, 7) is 5.93. The standard InChI is InChI=1S/C22H22FN5O3/c1-14-9-16(11-24)12-25-20(14)26-5-7-27(8-6-26)21(29)18-4-3-17(10-19(18)23)28-15(2)13-31-22(28)30/h3-4,9-10,12,15H,5-8,13H2,1-2H3. The second-order valence-electron chi connectivity index (χ2n) is 7.72. The van der Waals surface area contributed by atoms with E-state index in [2.05, 4.69) is 16.0 Å². The molecule has 2 saturated heterocycles. The highest BCUT2D eigenvalue weighted by Gasteiger charge is 2.32. The first-order valence-corrected chi connectivity index (χ1v) is 10.1. The van der Waals surface area contributed by atoms with Gasteiger partial charge in [0, 0.05) is 32.4 Å². The van der Waals surface area contributed by atoms with Gasteiger partial charge in [-0.05, 0) is 43.7 Å². The van der Waals surface area contributed by atoms with Gasteiger partial charge in [-0.1, -0.05) is 0 Å². The average Bonchev–Trinajstić information content (AvgIpc) is 3.11. The van der Waals surface area contributed by atoms with E-state index in [0.717, 1.165) is 11.4 Å². The molecule has 2 aliphatic rings. The van der Waals surface area contributed by atoms with Gasteiger partial charge in [-0.15, -0.1) is 0 Å². The number of ether oxygens (including phenoxy) is 1. The molecule has 160 valence electrons. The minimum Gasteiger partial charge on any atom is -0.447 e. The third-order valence-electron chi connectivity index (χ3n) is 5.59. The van der Waals surface area contributed by atoms with E-state index in [4.69, 9.17) is 10.00 Å². The molecule has 0 N–H and O–H groups in total. The molecule has 1 unspecified atom stereocenters. The lowest BCUT2D eigenvalue weighted by Gasteiger charge is -2.36. The lowest BCUT2D eigenvalue weighted by Crippen LogP contribution is -2.49. The van der Waals surface area contributed by atoms with Gasteiger partial charge in [-0.2, -0.15) is 5.26 Å². The van der Waals surface area contributed by atoms with Gasteiger partial charge in [0.1, 0.15) is 24.3 Å². The molecule has 31 heavy (non-hydrogen) atoms. The highest BCUT2D eigenvalue weighted by Crippen LogP contribution is 2.26. The van der Waals surface area contributed by atoms with Crippen molar-refractivity contribution in [2.75, 3.05) is 42.6 Å². The van der Waals surface area contributed by atoms with Crippen LogP contribution in [0.4, 0.5) is 20.7 Å². The summed E-state index contributed by atoms with van der Waals surface area (Å²) < 4.78 is 19.7. The summed E-state index contributed by atoms with van der Waals surface area (Å²) in [5.74, 6) is -0.264. The summed E-state index contributed by atoms with van der Waals surface area (Å²) >= 11 is 0. The van der Waals surface area contributed by atoms with E-state index in [0.29, 0.717) is 37.4 Å². The fourth-order valence-corrected chi connectivity index (χ4v) is 3.95. The number of carbonyl (C=O) groups excluding carboxylic acids is 2. The van der Waals surface area contributed by atoms with Crippen molar-refractivity contribution in [1.82, 2.24) is 9.88 Å². The molecule has 4 rings (SSSR count). The van der Waals surface area contributed by atoms with Crippen LogP contribution in [-0.2, 0) is 4.74 Å². The molecular weight excluding hydrogens is 401 g/mol. The number of anilines is 2. The van der Waals surface area contributed by atoms with Gasteiger partial charge in [0.15, 0.2) is 0 Å². The lowest BCUT2D eigenvalue weighted by atomic mass is 10.1. The van der Waals surface area contributed by atoms with Crippen molar-refractivity contribution in [3.05, 3.63) is 53.0 Å². The summed E-state index contributed by atoms with van der Waals surface area (Å²) in [5, 5.41) is 8.99. The Labute approximate surface area is 179 Å². The van der Waals surface area contributed by atoms with Crippen molar-refractivity contribution in [1.29, 1.82) is 5.26 Å². The van der Waals surface area contributed by atoms with Crippen LogP contribution >= 0.6 is 0 Å². The number of aryl methyl sites for hydroxylation is 1. The number of hydrogen-bond acceptors (Lipinski definition) is 6. The molecule has 0 radical (unpaired) electrons. The number of amides is 2. The zero-order chi connectivity index (χ0) is 22.1. The summed E-state index contributed by atoms with van der Waals surface area (Å²) in [6.07, 6.45) is 1.02. The number of rotatable bonds is 3. The maximum absolute atomic E-state index is 14.8. The van der Waals surface area contributed by atoms with E-state index in [-0.39, 0.29) is 24.1 Å². The third-order valence-corrected chi connectivity index (χ3v) is 5.59. The number of hydrogen-bond donors (Lipinski definition) is 0. The Balaban J connectivity index is 1.44. The van der Waals surface area contributed by atoms with Crippen LogP contribution in [0.1, 0.15) is 28.4 Å². The van der Waals surface area contributed by atoms with Crippen LogP contribution in [0.2, 0.25) is 0 Å². The number of halogens is 1. The molecule has 2 fully saturated rings. The Bertz CT molecular complexity index is 1080. The molecule has 2 aromatic rings. The van der Waals surface area contributed by atoms with E-state index >= 15 is 0 Å². The van der Waals surface area contributed by atoms with Crippen molar-refractivity contribution >= 4 is 23.5 Å². The van der Waals surface area contributed by atoms with E-state index in [1.807, 2.05) is 13.8 Å². The molecule has 2 aliphatic heterocycles. The first kappa shape index (κ1) is 20.6. The number of nitriles is 1. The Hall–Kier alpha value is -3.67. The number of aromatic nitrogens is 1. The van der Waals surface area contributed by atoms with Crippen LogP contribution in [-0.4, -0.2) is 60.7 Å². The largest absolute Gasteiger partial charge is 0.447 e. The quantitative estimate of drug-likeness (QED) is 0.754. The molecule has 1 aromatic heterocycles. The number of cyclic esters (lactones) is 1. The summed E-state index contributed by atoms with van der Waals surface area (Å²) in [4.78, 5) is 34.2. The molecule has 3 heterocycles. The number of carbonyl (C=O) groups is 2. The average molecular weight is 423 g/mol. The zero-order valence-electron chi connectivity index (χ0n) is 17.3. The molecule has 9 heteroatoms. The Morgan fingerprint density at radius 1 is 1.26 bits per heavy atom. The number of pyridine rings is 1. The van der Waals surface area contributed by atoms with Crippen molar-refractivity contribution in [3.63, 3.8) is 0 Å². The van der Waals surface area contributed by atoms with Crippen LogP contribution in [0.5, 0.6) is 0 Å². The van der Waals surface area contributed by atoms with Crippen molar-refractivity contribution in [2.24, 2.45) is 0 Å². The van der Waals surface area contributed by atoms with Gasteiger partial charge in [0.25, 0.3) is 5.91 Å². The SMILES string of the molecule is Cc1cc(C#N)cnc1N1CCN(C(=O)c2ccc(N3C(=O)OCC3C)cc2F)CC1. The molecule has 1 aromatic carbocycles. The zero-order valence-corrected chi connectivity index (χ0v) is 17.3. The predicted molar refractivity (Wildman–Crippen MR) is 111 cm³/mol. The lowest BCUT2D eigenvalue weighted by molar-refractivity contribution is 0.0742. The first-order chi connectivity index (χ1) is 14.9.